The molecule has 1 heterocycles. The lowest BCUT2D eigenvalue weighted by Crippen LogP contribution is -2.40. The lowest BCUT2D eigenvalue weighted by atomic mass is 10.1. The van der Waals surface area contributed by atoms with E-state index in [1.807, 2.05) is 12.1 Å². The Hall–Kier alpha value is -1.75. The van der Waals surface area contributed by atoms with Gasteiger partial charge in [0.05, 0.1) is 11.9 Å². The Morgan fingerprint density at radius 3 is 2.70 bits per heavy atom. The van der Waals surface area contributed by atoms with Crippen LogP contribution in [0.25, 0.3) is 10.9 Å². The highest BCUT2D eigenvalue weighted by Crippen LogP contribution is 2.05. The number of hydrogen-bond donors (Lipinski definition) is 1. The average molecular weight is 274 g/mol. The first-order chi connectivity index (χ1) is 9.37. The maximum atomic E-state index is 12.3. The lowest BCUT2D eigenvalue weighted by molar-refractivity contribution is 0.344. The second kappa shape index (κ2) is 5.71. The SMILES string of the molecule is CC(CNC(C)(C)C)Cn1nnc2ccccc2c1=O. The van der Waals surface area contributed by atoms with Gasteiger partial charge in [0.25, 0.3) is 5.56 Å². The molecule has 1 atom stereocenters. The Morgan fingerprint density at radius 2 is 2.00 bits per heavy atom. The molecule has 1 unspecified atom stereocenters. The molecule has 2 rings (SSSR count). The maximum absolute atomic E-state index is 12.3. The smallest absolute Gasteiger partial charge is 0.277 e. The van der Waals surface area contributed by atoms with Crippen molar-refractivity contribution in [3.05, 3.63) is 34.6 Å². The summed E-state index contributed by atoms with van der Waals surface area (Å²) in [5, 5.41) is 12.2. The van der Waals surface area contributed by atoms with Crippen LogP contribution < -0.4 is 10.9 Å². The van der Waals surface area contributed by atoms with Crippen LogP contribution in [0.5, 0.6) is 0 Å². The molecule has 1 aromatic heterocycles. The van der Waals surface area contributed by atoms with E-state index in [9.17, 15) is 4.79 Å². The van der Waals surface area contributed by atoms with E-state index >= 15 is 0 Å². The van der Waals surface area contributed by atoms with Crippen LogP contribution in [0.3, 0.4) is 0 Å². The van der Waals surface area contributed by atoms with E-state index in [0.29, 0.717) is 23.4 Å². The highest BCUT2D eigenvalue weighted by Gasteiger charge is 2.13. The number of rotatable bonds is 4. The standard InChI is InChI=1S/C15H22N4O/c1-11(9-16-15(2,3)4)10-19-14(20)12-7-5-6-8-13(12)17-18-19/h5-8,11,16H,9-10H2,1-4H3. The number of benzene rings is 1. The van der Waals surface area contributed by atoms with Gasteiger partial charge in [-0.1, -0.05) is 24.3 Å². The molecular weight excluding hydrogens is 252 g/mol. The van der Waals surface area contributed by atoms with E-state index in [2.05, 4.69) is 43.3 Å². The largest absolute Gasteiger partial charge is 0.312 e. The molecule has 0 amide bonds. The highest BCUT2D eigenvalue weighted by molar-refractivity contribution is 5.76. The molecule has 0 saturated carbocycles. The van der Waals surface area contributed by atoms with Gasteiger partial charge in [0.2, 0.25) is 0 Å². The Labute approximate surface area is 119 Å². The summed E-state index contributed by atoms with van der Waals surface area (Å²) in [4.78, 5) is 12.3. The Kier molecular flexibility index (Phi) is 4.18. The van der Waals surface area contributed by atoms with Crippen molar-refractivity contribution in [3.63, 3.8) is 0 Å². The Morgan fingerprint density at radius 1 is 1.30 bits per heavy atom. The third kappa shape index (κ3) is 3.63. The van der Waals surface area contributed by atoms with Gasteiger partial charge in [0.1, 0.15) is 5.52 Å². The van der Waals surface area contributed by atoms with E-state index in [-0.39, 0.29) is 11.1 Å². The first-order valence-electron chi connectivity index (χ1n) is 6.94. The van der Waals surface area contributed by atoms with Crippen LogP contribution in [0, 0.1) is 5.92 Å². The molecule has 0 spiro atoms. The van der Waals surface area contributed by atoms with Crippen molar-refractivity contribution in [1.82, 2.24) is 20.3 Å². The molecule has 108 valence electrons. The fraction of sp³-hybridized carbons (Fsp3) is 0.533. The molecule has 0 aliphatic rings. The van der Waals surface area contributed by atoms with Crippen LogP contribution in [0.2, 0.25) is 0 Å². The van der Waals surface area contributed by atoms with Gasteiger partial charge in [-0.05, 0) is 45.4 Å². The number of hydrogen-bond acceptors (Lipinski definition) is 4. The van der Waals surface area contributed by atoms with Crippen LogP contribution in [-0.2, 0) is 6.54 Å². The monoisotopic (exact) mass is 274 g/mol. The number of nitrogens with zero attached hydrogens (tertiary/aromatic N) is 3. The van der Waals surface area contributed by atoms with Crippen molar-refractivity contribution in [3.8, 4) is 0 Å². The van der Waals surface area contributed by atoms with Gasteiger partial charge in [-0.2, -0.15) is 0 Å². The van der Waals surface area contributed by atoms with E-state index < -0.39 is 0 Å². The summed E-state index contributed by atoms with van der Waals surface area (Å²) >= 11 is 0. The molecule has 0 saturated heterocycles. The van der Waals surface area contributed by atoms with Gasteiger partial charge in [0, 0.05) is 5.54 Å². The normalized spacial score (nSPS) is 13.6. The third-order valence-corrected chi connectivity index (χ3v) is 3.09. The van der Waals surface area contributed by atoms with Crippen LogP contribution in [0.15, 0.2) is 29.1 Å². The molecule has 0 bridgehead atoms. The first-order valence-corrected chi connectivity index (χ1v) is 6.94. The molecule has 1 aromatic carbocycles. The van der Waals surface area contributed by atoms with Gasteiger partial charge in [-0.15, -0.1) is 5.10 Å². The molecule has 0 aliphatic heterocycles. The summed E-state index contributed by atoms with van der Waals surface area (Å²) < 4.78 is 1.46. The molecule has 5 heteroatoms. The third-order valence-electron chi connectivity index (χ3n) is 3.09. The van der Waals surface area contributed by atoms with E-state index in [1.54, 1.807) is 12.1 Å². The lowest BCUT2D eigenvalue weighted by Gasteiger charge is -2.23. The summed E-state index contributed by atoms with van der Waals surface area (Å²) in [6, 6.07) is 7.30. The van der Waals surface area contributed by atoms with Crippen molar-refractivity contribution >= 4 is 10.9 Å². The van der Waals surface area contributed by atoms with Crippen molar-refractivity contribution in [2.24, 2.45) is 5.92 Å². The van der Waals surface area contributed by atoms with Gasteiger partial charge in [-0.3, -0.25) is 4.79 Å². The number of fused-ring (bicyclic) bond motifs is 1. The van der Waals surface area contributed by atoms with Crippen LogP contribution in [0.4, 0.5) is 0 Å². The Balaban J connectivity index is 2.14. The highest BCUT2D eigenvalue weighted by atomic mass is 16.1. The second-order valence-electron chi connectivity index (χ2n) is 6.33. The number of nitrogens with one attached hydrogen (secondary N) is 1. The molecule has 1 N–H and O–H groups in total. The summed E-state index contributed by atoms with van der Waals surface area (Å²) in [5.74, 6) is 0.308. The van der Waals surface area contributed by atoms with Crippen LogP contribution in [-0.4, -0.2) is 27.1 Å². The van der Waals surface area contributed by atoms with Crippen molar-refractivity contribution < 1.29 is 0 Å². The zero-order valence-electron chi connectivity index (χ0n) is 12.6. The van der Waals surface area contributed by atoms with Crippen molar-refractivity contribution in [2.45, 2.75) is 39.8 Å². The minimum absolute atomic E-state index is 0.0711. The zero-order chi connectivity index (χ0) is 14.8. The summed E-state index contributed by atoms with van der Waals surface area (Å²) in [7, 11) is 0. The maximum Gasteiger partial charge on any atom is 0.277 e. The number of aromatic nitrogens is 3. The molecule has 5 nitrogen and oxygen atoms in total. The van der Waals surface area contributed by atoms with E-state index in [1.165, 1.54) is 4.68 Å². The van der Waals surface area contributed by atoms with Crippen LogP contribution in [0.1, 0.15) is 27.7 Å². The topological polar surface area (TPSA) is 59.8 Å². The van der Waals surface area contributed by atoms with E-state index in [0.717, 1.165) is 6.54 Å². The van der Waals surface area contributed by atoms with E-state index in [4.69, 9.17) is 0 Å². The fourth-order valence-electron chi connectivity index (χ4n) is 1.98. The summed E-state index contributed by atoms with van der Waals surface area (Å²) in [6.07, 6.45) is 0. The summed E-state index contributed by atoms with van der Waals surface area (Å²) in [5.41, 5.74) is 0.654. The summed E-state index contributed by atoms with van der Waals surface area (Å²) in [6.45, 7) is 9.89. The van der Waals surface area contributed by atoms with Gasteiger partial charge >= 0.3 is 0 Å². The van der Waals surface area contributed by atoms with Gasteiger partial charge in [-0.25, -0.2) is 4.68 Å². The second-order valence-corrected chi connectivity index (χ2v) is 6.33. The van der Waals surface area contributed by atoms with Gasteiger partial charge < -0.3 is 5.32 Å². The first kappa shape index (κ1) is 14.7. The van der Waals surface area contributed by atoms with Crippen LogP contribution >= 0.6 is 0 Å². The molecule has 0 fully saturated rings. The minimum atomic E-state index is -0.0711. The molecular formula is C15H22N4O. The fourth-order valence-corrected chi connectivity index (χ4v) is 1.98. The van der Waals surface area contributed by atoms with Crippen molar-refractivity contribution in [2.75, 3.05) is 6.54 Å². The quantitative estimate of drug-likeness (QED) is 0.924. The molecule has 20 heavy (non-hydrogen) atoms. The van der Waals surface area contributed by atoms with Gasteiger partial charge in [0.15, 0.2) is 0 Å². The Bertz CT molecular complexity index is 642. The predicted molar refractivity (Wildman–Crippen MR) is 80.7 cm³/mol. The molecule has 2 aromatic rings. The molecule has 0 radical (unpaired) electrons. The zero-order valence-corrected chi connectivity index (χ0v) is 12.6. The molecule has 0 aliphatic carbocycles. The minimum Gasteiger partial charge on any atom is -0.312 e. The van der Waals surface area contributed by atoms with Crippen molar-refractivity contribution in [1.29, 1.82) is 0 Å². The predicted octanol–water partition coefficient (Wildman–Crippen LogP) is 1.82. The average Bonchev–Trinajstić information content (AvgIpc) is 2.39.